The first kappa shape index (κ1) is 26.0. The van der Waals surface area contributed by atoms with E-state index in [-0.39, 0.29) is 17.7 Å². The van der Waals surface area contributed by atoms with Crippen molar-refractivity contribution < 1.29 is 23.5 Å². The van der Waals surface area contributed by atoms with E-state index in [2.05, 4.69) is 20.8 Å². The van der Waals surface area contributed by atoms with E-state index in [1.54, 1.807) is 42.5 Å². The monoisotopic (exact) mass is 530 g/mol. The fourth-order valence-electron chi connectivity index (χ4n) is 5.10. The van der Waals surface area contributed by atoms with E-state index in [1.165, 1.54) is 36.4 Å². The third-order valence-electron chi connectivity index (χ3n) is 6.94. The molecule has 0 radical (unpaired) electrons. The quantitative estimate of drug-likeness (QED) is 0.344. The Morgan fingerprint density at radius 3 is 2.56 bits per heavy atom. The van der Waals surface area contributed by atoms with Crippen LogP contribution in [0.1, 0.15) is 53.4 Å². The van der Waals surface area contributed by atoms with Gasteiger partial charge in [-0.2, -0.15) is 0 Å². The Kier molecular flexibility index (Phi) is 7.57. The molecular weight excluding hydrogens is 500 g/mol. The molecule has 0 saturated heterocycles. The van der Waals surface area contributed by atoms with Gasteiger partial charge in [-0.05, 0) is 72.2 Å². The lowest BCUT2D eigenvalue weighted by Gasteiger charge is -2.33. The Morgan fingerprint density at radius 2 is 1.92 bits per heavy atom. The van der Waals surface area contributed by atoms with E-state index >= 15 is 0 Å². The van der Waals surface area contributed by atoms with Crippen LogP contribution < -0.4 is 19.7 Å². The van der Waals surface area contributed by atoms with Crippen molar-refractivity contribution in [3.63, 3.8) is 0 Å². The summed E-state index contributed by atoms with van der Waals surface area (Å²) in [6.45, 7) is 1.88. The van der Waals surface area contributed by atoms with E-state index in [0.717, 1.165) is 36.9 Å². The van der Waals surface area contributed by atoms with Crippen LogP contribution in [0, 0.1) is 6.92 Å². The second kappa shape index (κ2) is 11.4. The van der Waals surface area contributed by atoms with Crippen LogP contribution in [0.4, 0.5) is 5.69 Å². The van der Waals surface area contributed by atoms with Gasteiger partial charge in [0.2, 0.25) is 5.91 Å². The predicted molar refractivity (Wildman–Crippen MR) is 142 cm³/mol. The van der Waals surface area contributed by atoms with Crippen LogP contribution in [0.15, 0.2) is 65.5 Å². The van der Waals surface area contributed by atoms with Gasteiger partial charge < -0.3 is 19.2 Å². The molecule has 11 nitrogen and oxygen atoms in total. The number of para-hydroxylation sites is 1. The Balaban J connectivity index is 1.68. The van der Waals surface area contributed by atoms with Crippen LogP contribution in [0.3, 0.4) is 0 Å². The van der Waals surface area contributed by atoms with Crippen LogP contribution in [0.2, 0.25) is 0 Å². The summed E-state index contributed by atoms with van der Waals surface area (Å²) in [6, 6.07) is 12.8. The van der Waals surface area contributed by atoms with E-state index in [4.69, 9.17) is 13.9 Å². The number of carbonyl (C=O) groups excluding carboxylic acids is 2. The highest BCUT2D eigenvalue weighted by Crippen LogP contribution is 2.40. The molecule has 5 rings (SSSR count). The molecule has 2 heterocycles. The molecule has 0 aliphatic heterocycles. The molecule has 11 heteroatoms. The molecular formula is C28H30N6O5. The van der Waals surface area contributed by atoms with Crippen LogP contribution >= 0.6 is 0 Å². The summed E-state index contributed by atoms with van der Waals surface area (Å²) < 4.78 is 18.3. The lowest BCUT2D eigenvalue weighted by atomic mass is 9.99. The third kappa shape index (κ3) is 5.20. The molecule has 2 aromatic carbocycles. The molecule has 0 bridgehead atoms. The number of nitrogens with one attached hydrogen (secondary N) is 1. The number of hydrogen-bond acceptors (Lipinski definition) is 8. The molecule has 4 aromatic rings. The summed E-state index contributed by atoms with van der Waals surface area (Å²) in [5.74, 6) is 0.106. The molecule has 0 unspecified atom stereocenters. The molecule has 1 N–H and O–H groups in total. The molecule has 1 saturated carbocycles. The average molecular weight is 531 g/mol. The van der Waals surface area contributed by atoms with E-state index < -0.39 is 11.9 Å². The van der Waals surface area contributed by atoms with Gasteiger partial charge in [-0.3, -0.25) is 14.5 Å². The minimum atomic E-state index is -1.09. The minimum absolute atomic E-state index is 0.0288. The highest BCUT2D eigenvalue weighted by atomic mass is 16.5. The first-order valence-corrected chi connectivity index (χ1v) is 12.7. The first-order valence-electron chi connectivity index (χ1n) is 12.7. The molecule has 2 amide bonds. The van der Waals surface area contributed by atoms with Gasteiger partial charge in [-0.15, -0.1) is 5.10 Å². The number of methoxy groups -OCH3 is 2. The van der Waals surface area contributed by atoms with Crippen molar-refractivity contribution in [3.05, 3.63) is 78.0 Å². The smallest absolute Gasteiger partial charge is 0.294 e. The number of nitrogens with zero attached hydrogens (tertiary/aromatic N) is 5. The maximum Gasteiger partial charge on any atom is 0.294 e. The molecule has 1 atom stereocenters. The lowest BCUT2D eigenvalue weighted by molar-refractivity contribution is -0.123. The van der Waals surface area contributed by atoms with E-state index in [0.29, 0.717) is 22.7 Å². The van der Waals surface area contributed by atoms with E-state index in [1.807, 2.05) is 13.0 Å². The summed E-state index contributed by atoms with van der Waals surface area (Å²) in [5, 5.41) is 14.6. The van der Waals surface area contributed by atoms with Crippen LogP contribution in [0.5, 0.6) is 11.5 Å². The number of aromatic nitrogens is 4. The molecule has 202 valence electrons. The Morgan fingerprint density at radius 1 is 1.10 bits per heavy atom. The zero-order chi connectivity index (χ0) is 27.4. The van der Waals surface area contributed by atoms with Crippen molar-refractivity contribution in [2.24, 2.45) is 0 Å². The van der Waals surface area contributed by atoms with Gasteiger partial charge in [0.05, 0.1) is 26.2 Å². The van der Waals surface area contributed by atoms with Gasteiger partial charge >= 0.3 is 0 Å². The lowest BCUT2D eigenvalue weighted by Crippen LogP contribution is -2.46. The number of hydrogen-bond donors (Lipinski definition) is 1. The van der Waals surface area contributed by atoms with Crippen LogP contribution in [-0.4, -0.2) is 52.3 Å². The second-order valence-corrected chi connectivity index (χ2v) is 9.35. The highest BCUT2D eigenvalue weighted by Gasteiger charge is 2.38. The van der Waals surface area contributed by atoms with Crippen LogP contribution in [-0.2, 0) is 4.79 Å². The minimum Gasteiger partial charge on any atom is -0.493 e. The van der Waals surface area contributed by atoms with Crippen molar-refractivity contribution in [2.75, 3.05) is 19.1 Å². The number of amides is 2. The SMILES string of the molecule is COc1cccc([C@H](C(=O)NC2CCCC2)N(C(=O)c2ccco2)c2ccc(-n3cnnn3)c(C)c2)c1OC. The summed E-state index contributed by atoms with van der Waals surface area (Å²) >= 11 is 0. The Labute approximate surface area is 225 Å². The normalized spacial score (nSPS) is 14.1. The number of rotatable bonds is 9. The average Bonchev–Trinajstić information content (AvgIpc) is 3.75. The van der Waals surface area contributed by atoms with Crippen molar-refractivity contribution in [1.29, 1.82) is 0 Å². The molecule has 0 spiro atoms. The molecule has 1 aliphatic rings. The van der Waals surface area contributed by atoms with Gasteiger partial charge in [0.15, 0.2) is 17.3 Å². The third-order valence-corrected chi connectivity index (χ3v) is 6.94. The zero-order valence-corrected chi connectivity index (χ0v) is 22.0. The molecule has 2 aromatic heterocycles. The molecule has 1 aliphatic carbocycles. The number of ether oxygens (including phenoxy) is 2. The maximum absolute atomic E-state index is 14.1. The van der Waals surface area contributed by atoms with Crippen molar-refractivity contribution in [2.45, 2.75) is 44.7 Å². The standard InChI is InChI=1S/C28H30N6O5/c1-18-16-20(13-14-22(18)33-17-29-31-32-33)34(28(36)24-12-7-15-39-24)25(27(35)30-19-8-4-5-9-19)21-10-6-11-23(37-2)26(21)38-3/h6-7,10-17,19,25H,4-5,8-9H2,1-3H3,(H,30,35)/t25-/m1/s1. The number of furan rings is 1. The van der Waals surface area contributed by atoms with Crippen molar-refractivity contribution >= 4 is 17.5 Å². The Hall–Kier alpha value is -4.67. The zero-order valence-electron chi connectivity index (χ0n) is 22.0. The Bertz CT molecular complexity index is 1430. The second-order valence-electron chi connectivity index (χ2n) is 9.35. The van der Waals surface area contributed by atoms with Gasteiger partial charge in [0.1, 0.15) is 12.4 Å². The molecule has 39 heavy (non-hydrogen) atoms. The first-order chi connectivity index (χ1) is 19.0. The van der Waals surface area contributed by atoms with E-state index in [9.17, 15) is 9.59 Å². The van der Waals surface area contributed by atoms with Gasteiger partial charge in [-0.1, -0.05) is 25.0 Å². The van der Waals surface area contributed by atoms with Gasteiger partial charge in [0.25, 0.3) is 5.91 Å². The van der Waals surface area contributed by atoms with Gasteiger partial charge in [-0.25, -0.2) is 4.68 Å². The largest absolute Gasteiger partial charge is 0.493 e. The van der Waals surface area contributed by atoms with Gasteiger partial charge in [0, 0.05) is 17.3 Å². The topological polar surface area (TPSA) is 125 Å². The summed E-state index contributed by atoms with van der Waals surface area (Å²) in [4.78, 5) is 29.7. The summed E-state index contributed by atoms with van der Waals surface area (Å²) in [6.07, 6.45) is 6.79. The maximum atomic E-state index is 14.1. The summed E-state index contributed by atoms with van der Waals surface area (Å²) in [5.41, 5.74) is 2.50. The number of benzene rings is 2. The number of tetrazole rings is 1. The fraction of sp³-hybridized carbons (Fsp3) is 0.321. The van der Waals surface area contributed by atoms with Crippen LogP contribution in [0.25, 0.3) is 5.69 Å². The fourth-order valence-corrected chi connectivity index (χ4v) is 5.10. The van der Waals surface area contributed by atoms with Crippen molar-refractivity contribution in [3.8, 4) is 17.2 Å². The summed E-state index contributed by atoms with van der Waals surface area (Å²) in [7, 11) is 3.04. The number of carbonyl (C=O) groups is 2. The predicted octanol–water partition coefficient (Wildman–Crippen LogP) is 4.03. The highest BCUT2D eigenvalue weighted by molar-refractivity contribution is 6.09. The number of anilines is 1. The molecule has 1 fully saturated rings. The number of aryl methyl sites for hydroxylation is 1. The van der Waals surface area contributed by atoms with Crippen molar-refractivity contribution in [1.82, 2.24) is 25.5 Å².